The zero-order chi connectivity index (χ0) is 34.2. The lowest BCUT2D eigenvalue weighted by atomic mass is 10.0. The maximum absolute atomic E-state index is 6.11. The number of fused-ring (bicyclic) bond motifs is 9. The normalized spacial score (nSPS) is 11.8. The lowest BCUT2D eigenvalue weighted by Crippen LogP contribution is -2.10. The quantitative estimate of drug-likeness (QED) is 0.181. The largest absolute Gasteiger partial charge is 0.456 e. The van der Waals surface area contributed by atoms with E-state index in [0.717, 1.165) is 83.2 Å². The van der Waals surface area contributed by atoms with Crippen molar-refractivity contribution in [2.45, 2.75) is 0 Å². The van der Waals surface area contributed by atoms with E-state index in [4.69, 9.17) is 8.83 Å². The second-order valence-corrected chi connectivity index (χ2v) is 14.4. The highest BCUT2D eigenvalue weighted by atomic mass is 32.1. The van der Waals surface area contributed by atoms with Crippen LogP contribution in [-0.2, 0) is 0 Å². The molecule has 0 saturated carbocycles. The Balaban J connectivity index is 1.03. The van der Waals surface area contributed by atoms with E-state index in [9.17, 15) is 0 Å². The molecule has 0 bridgehead atoms. The van der Waals surface area contributed by atoms with Crippen molar-refractivity contribution in [3.63, 3.8) is 0 Å². The van der Waals surface area contributed by atoms with Crippen LogP contribution in [0.3, 0.4) is 0 Å². The minimum atomic E-state index is 0.908. The smallest absolute Gasteiger partial charge is 0.135 e. The average Bonchev–Trinajstić information content (AvgIpc) is 3.90. The van der Waals surface area contributed by atoms with Crippen LogP contribution < -0.4 is 4.90 Å². The van der Waals surface area contributed by atoms with E-state index in [1.165, 1.54) is 20.2 Å². The van der Waals surface area contributed by atoms with Crippen LogP contribution in [0.4, 0.5) is 17.1 Å². The first-order valence-electron chi connectivity index (χ1n) is 17.5. The number of anilines is 3. The van der Waals surface area contributed by atoms with Gasteiger partial charge in [-0.1, -0.05) is 103 Å². The number of hydrogen-bond donors (Lipinski definition) is 0. The molecule has 0 spiro atoms. The Hall–Kier alpha value is -6.62. The van der Waals surface area contributed by atoms with Gasteiger partial charge in [0.15, 0.2) is 0 Å². The Morgan fingerprint density at radius 1 is 0.346 bits per heavy atom. The van der Waals surface area contributed by atoms with E-state index >= 15 is 0 Å². The van der Waals surface area contributed by atoms with Gasteiger partial charge in [-0.05, 0) is 95.1 Å². The molecule has 11 aromatic rings. The summed E-state index contributed by atoms with van der Waals surface area (Å²) in [4.78, 5) is 2.39. The highest BCUT2D eigenvalue weighted by Gasteiger charge is 2.19. The molecule has 244 valence electrons. The lowest BCUT2D eigenvalue weighted by molar-refractivity contribution is 0.668. The molecule has 11 rings (SSSR count). The molecule has 0 N–H and O–H groups in total. The summed E-state index contributed by atoms with van der Waals surface area (Å²) in [5.74, 6) is 0. The van der Waals surface area contributed by atoms with E-state index < -0.39 is 0 Å². The third kappa shape index (κ3) is 4.58. The van der Waals surface area contributed by atoms with Crippen LogP contribution in [0.1, 0.15) is 0 Å². The molecule has 0 aliphatic carbocycles. The van der Waals surface area contributed by atoms with Crippen LogP contribution in [0.25, 0.3) is 86.3 Å². The Labute approximate surface area is 303 Å². The summed E-state index contributed by atoms with van der Waals surface area (Å²) in [7, 11) is 0. The molecular weight excluding hydrogens is 655 g/mol. The molecule has 0 atom stereocenters. The first-order chi connectivity index (χ1) is 25.7. The molecular formula is C48H29NO2S. The van der Waals surface area contributed by atoms with Crippen LogP contribution in [0.5, 0.6) is 0 Å². The zero-order valence-electron chi connectivity index (χ0n) is 27.9. The number of rotatable bonds is 5. The van der Waals surface area contributed by atoms with Gasteiger partial charge in [-0.3, -0.25) is 0 Å². The van der Waals surface area contributed by atoms with Crippen LogP contribution in [0.15, 0.2) is 185 Å². The van der Waals surface area contributed by atoms with Crippen molar-refractivity contribution >= 4 is 92.4 Å². The number of benzene rings is 8. The van der Waals surface area contributed by atoms with Crippen LogP contribution in [0, 0.1) is 0 Å². The summed E-state index contributed by atoms with van der Waals surface area (Å²) in [5.41, 5.74) is 11.7. The molecule has 0 aliphatic heterocycles. The Morgan fingerprint density at radius 2 is 0.808 bits per heavy atom. The fourth-order valence-corrected chi connectivity index (χ4v) is 8.96. The third-order valence-corrected chi connectivity index (χ3v) is 11.5. The van der Waals surface area contributed by atoms with E-state index in [1.54, 1.807) is 0 Å². The Bertz CT molecular complexity index is 2970. The standard InChI is InChI=1S/C48H29NO2S/c1-4-13-43-36(8-1)40-28-32(20-26-45(40)50-43)30-16-22-34(23-17-30)49(42-12-7-11-39-38-10-3-6-15-47(38)52-48(39)42)35-24-18-31(19-25-35)33-21-27-46-41(29-33)37-9-2-5-14-44(37)51-46/h1-29H. The van der Waals surface area contributed by atoms with Gasteiger partial charge in [-0.15, -0.1) is 11.3 Å². The summed E-state index contributed by atoms with van der Waals surface area (Å²) in [6.45, 7) is 0. The van der Waals surface area contributed by atoms with Gasteiger partial charge in [0.25, 0.3) is 0 Å². The monoisotopic (exact) mass is 683 g/mol. The average molecular weight is 684 g/mol. The fourth-order valence-electron chi connectivity index (χ4n) is 7.75. The topological polar surface area (TPSA) is 29.5 Å². The van der Waals surface area contributed by atoms with E-state index in [1.807, 2.05) is 35.6 Å². The van der Waals surface area contributed by atoms with Crippen molar-refractivity contribution in [1.82, 2.24) is 0 Å². The summed E-state index contributed by atoms with van der Waals surface area (Å²) >= 11 is 1.85. The van der Waals surface area contributed by atoms with Crippen LogP contribution in [0.2, 0.25) is 0 Å². The number of para-hydroxylation sites is 2. The fraction of sp³-hybridized carbons (Fsp3) is 0. The van der Waals surface area contributed by atoms with E-state index in [0.29, 0.717) is 0 Å². The minimum absolute atomic E-state index is 0.908. The second kappa shape index (κ2) is 11.5. The number of nitrogens with zero attached hydrogens (tertiary/aromatic N) is 1. The summed E-state index contributed by atoms with van der Waals surface area (Å²) < 4.78 is 14.8. The van der Waals surface area contributed by atoms with Crippen molar-refractivity contribution in [2.24, 2.45) is 0 Å². The molecule has 3 nitrogen and oxygen atoms in total. The molecule has 4 heteroatoms. The lowest BCUT2D eigenvalue weighted by Gasteiger charge is -2.26. The van der Waals surface area contributed by atoms with Crippen LogP contribution in [-0.4, -0.2) is 0 Å². The maximum Gasteiger partial charge on any atom is 0.135 e. The second-order valence-electron chi connectivity index (χ2n) is 13.3. The molecule has 0 saturated heterocycles. The molecule has 0 unspecified atom stereocenters. The highest BCUT2D eigenvalue weighted by Crippen LogP contribution is 2.45. The van der Waals surface area contributed by atoms with E-state index in [2.05, 4.69) is 157 Å². The van der Waals surface area contributed by atoms with Crippen molar-refractivity contribution in [2.75, 3.05) is 4.90 Å². The summed E-state index contributed by atoms with van der Waals surface area (Å²) in [5, 5.41) is 7.11. The van der Waals surface area contributed by atoms with Gasteiger partial charge in [0.05, 0.1) is 10.4 Å². The van der Waals surface area contributed by atoms with Gasteiger partial charge < -0.3 is 13.7 Å². The van der Waals surface area contributed by atoms with Crippen molar-refractivity contribution in [1.29, 1.82) is 0 Å². The summed E-state index contributed by atoms with van der Waals surface area (Å²) in [6, 6.07) is 62.7. The molecule has 0 fully saturated rings. The Kier molecular flexibility index (Phi) is 6.42. The van der Waals surface area contributed by atoms with Crippen molar-refractivity contribution in [3.8, 4) is 22.3 Å². The molecule has 3 aromatic heterocycles. The molecule has 3 heterocycles. The van der Waals surface area contributed by atoms with Gasteiger partial charge in [0, 0.05) is 48.4 Å². The molecule has 52 heavy (non-hydrogen) atoms. The molecule has 0 radical (unpaired) electrons. The number of hydrogen-bond acceptors (Lipinski definition) is 4. The SMILES string of the molecule is c1ccc2c(c1)oc1ccc(-c3ccc(N(c4ccc(-c5ccc6oc7ccccc7c6c5)cc4)c4cccc5c4sc4ccccc45)cc3)cc12. The first kappa shape index (κ1) is 29.1. The third-order valence-electron chi connectivity index (χ3n) is 10.3. The highest BCUT2D eigenvalue weighted by molar-refractivity contribution is 7.26. The predicted molar refractivity (Wildman–Crippen MR) is 219 cm³/mol. The molecule has 8 aromatic carbocycles. The molecule has 0 amide bonds. The first-order valence-corrected chi connectivity index (χ1v) is 18.3. The van der Waals surface area contributed by atoms with Gasteiger partial charge in [0.2, 0.25) is 0 Å². The minimum Gasteiger partial charge on any atom is -0.456 e. The van der Waals surface area contributed by atoms with Crippen molar-refractivity contribution in [3.05, 3.63) is 176 Å². The van der Waals surface area contributed by atoms with Gasteiger partial charge in [-0.25, -0.2) is 0 Å². The number of furan rings is 2. The number of thiophene rings is 1. The van der Waals surface area contributed by atoms with Gasteiger partial charge in [-0.2, -0.15) is 0 Å². The maximum atomic E-state index is 6.11. The van der Waals surface area contributed by atoms with E-state index in [-0.39, 0.29) is 0 Å². The zero-order valence-corrected chi connectivity index (χ0v) is 28.7. The summed E-state index contributed by atoms with van der Waals surface area (Å²) in [6.07, 6.45) is 0. The van der Waals surface area contributed by atoms with Gasteiger partial charge >= 0.3 is 0 Å². The Morgan fingerprint density at radius 3 is 1.38 bits per heavy atom. The molecule has 0 aliphatic rings. The van der Waals surface area contributed by atoms with Gasteiger partial charge in [0.1, 0.15) is 22.3 Å². The predicted octanol–water partition coefficient (Wildman–Crippen LogP) is 14.7. The van der Waals surface area contributed by atoms with Crippen molar-refractivity contribution < 1.29 is 8.83 Å². The van der Waals surface area contributed by atoms with Crippen LogP contribution >= 0.6 is 11.3 Å².